The van der Waals surface area contributed by atoms with Crippen molar-refractivity contribution in [1.82, 2.24) is 14.8 Å². The average Bonchev–Trinajstić information content (AvgIpc) is 3.20. The Hall–Kier alpha value is -1.53. The van der Waals surface area contributed by atoms with Gasteiger partial charge in [0.05, 0.1) is 13.2 Å². The molecular formula is C16H25N3O3. The number of ether oxygens (including phenoxy) is 2. The van der Waals surface area contributed by atoms with Gasteiger partial charge in [-0.15, -0.1) is 0 Å². The molecule has 22 heavy (non-hydrogen) atoms. The van der Waals surface area contributed by atoms with Crippen LogP contribution < -0.4 is 5.32 Å². The molecule has 0 spiro atoms. The SMILES string of the molecule is CC1([C@H]2CCCN(C(=O)NCCn3cccc3)C2)OCCO1. The van der Waals surface area contributed by atoms with Crippen LogP contribution in [0.2, 0.25) is 0 Å². The van der Waals surface area contributed by atoms with Gasteiger partial charge in [-0.05, 0) is 31.9 Å². The highest BCUT2D eigenvalue weighted by Crippen LogP contribution is 2.33. The maximum Gasteiger partial charge on any atom is 0.317 e. The molecule has 1 N–H and O–H groups in total. The van der Waals surface area contributed by atoms with Gasteiger partial charge < -0.3 is 24.3 Å². The molecular weight excluding hydrogens is 282 g/mol. The summed E-state index contributed by atoms with van der Waals surface area (Å²) in [6.45, 7) is 6.23. The Kier molecular flexibility index (Phi) is 4.69. The summed E-state index contributed by atoms with van der Waals surface area (Å²) in [5, 5.41) is 3.00. The molecule has 0 radical (unpaired) electrons. The first-order valence-electron chi connectivity index (χ1n) is 8.09. The molecule has 0 aliphatic carbocycles. The zero-order valence-corrected chi connectivity index (χ0v) is 13.2. The predicted octanol–water partition coefficient (Wildman–Crippen LogP) is 1.67. The lowest BCUT2D eigenvalue weighted by atomic mass is 9.90. The summed E-state index contributed by atoms with van der Waals surface area (Å²) in [6, 6.07) is 3.98. The van der Waals surface area contributed by atoms with Crippen LogP contribution >= 0.6 is 0 Å². The third-order valence-corrected chi connectivity index (χ3v) is 4.62. The summed E-state index contributed by atoms with van der Waals surface area (Å²) >= 11 is 0. The number of nitrogens with one attached hydrogen (secondary N) is 1. The van der Waals surface area contributed by atoms with Crippen LogP contribution in [0.3, 0.4) is 0 Å². The summed E-state index contributed by atoms with van der Waals surface area (Å²) in [5.41, 5.74) is 0. The number of carbonyl (C=O) groups excluding carboxylic acids is 1. The Morgan fingerprint density at radius 2 is 2.05 bits per heavy atom. The van der Waals surface area contributed by atoms with Gasteiger partial charge in [-0.1, -0.05) is 0 Å². The van der Waals surface area contributed by atoms with E-state index in [1.165, 1.54) is 0 Å². The highest BCUT2D eigenvalue weighted by Gasteiger charge is 2.42. The van der Waals surface area contributed by atoms with E-state index in [1.54, 1.807) is 0 Å². The zero-order chi connectivity index (χ0) is 15.4. The molecule has 3 heterocycles. The number of hydrogen-bond acceptors (Lipinski definition) is 3. The van der Waals surface area contributed by atoms with E-state index in [2.05, 4.69) is 9.88 Å². The second-order valence-corrected chi connectivity index (χ2v) is 6.15. The number of likely N-dealkylation sites (tertiary alicyclic amines) is 1. The summed E-state index contributed by atoms with van der Waals surface area (Å²) in [7, 11) is 0. The molecule has 0 aromatic carbocycles. The summed E-state index contributed by atoms with van der Waals surface area (Å²) in [5.74, 6) is -0.275. The van der Waals surface area contributed by atoms with Crippen LogP contribution in [0.25, 0.3) is 0 Å². The monoisotopic (exact) mass is 307 g/mol. The number of urea groups is 1. The Bertz CT molecular complexity index is 483. The molecule has 1 atom stereocenters. The van der Waals surface area contributed by atoms with Gasteiger partial charge in [0, 0.05) is 44.5 Å². The number of hydrogen-bond donors (Lipinski definition) is 1. The van der Waals surface area contributed by atoms with Gasteiger partial charge in [0.2, 0.25) is 0 Å². The molecule has 6 nitrogen and oxygen atoms in total. The van der Waals surface area contributed by atoms with Gasteiger partial charge >= 0.3 is 6.03 Å². The van der Waals surface area contributed by atoms with Crippen molar-refractivity contribution in [3.63, 3.8) is 0 Å². The summed E-state index contributed by atoms with van der Waals surface area (Å²) < 4.78 is 13.6. The molecule has 6 heteroatoms. The van der Waals surface area contributed by atoms with E-state index in [0.29, 0.717) is 26.3 Å². The highest BCUT2D eigenvalue weighted by atomic mass is 16.7. The van der Waals surface area contributed by atoms with E-state index in [4.69, 9.17) is 9.47 Å². The molecule has 0 unspecified atom stereocenters. The number of carbonyl (C=O) groups is 1. The fourth-order valence-electron chi connectivity index (χ4n) is 3.28. The molecule has 2 aliphatic heterocycles. The summed E-state index contributed by atoms with van der Waals surface area (Å²) in [4.78, 5) is 14.2. The van der Waals surface area contributed by atoms with Crippen molar-refractivity contribution in [3.05, 3.63) is 24.5 Å². The normalized spacial score (nSPS) is 24.4. The average molecular weight is 307 g/mol. The van der Waals surface area contributed by atoms with Crippen molar-refractivity contribution < 1.29 is 14.3 Å². The molecule has 3 rings (SSSR count). The minimum absolute atomic E-state index is 0.0125. The van der Waals surface area contributed by atoms with Crippen LogP contribution in [0.5, 0.6) is 0 Å². The smallest absolute Gasteiger partial charge is 0.317 e. The number of rotatable bonds is 4. The number of piperidine rings is 1. The second-order valence-electron chi connectivity index (χ2n) is 6.15. The third kappa shape index (κ3) is 3.44. The Labute approximate surface area is 131 Å². The van der Waals surface area contributed by atoms with E-state index in [1.807, 2.05) is 36.4 Å². The topological polar surface area (TPSA) is 55.7 Å². The number of aromatic nitrogens is 1. The first-order chi connectivity index (χ1) is 10.7. The minimum atomic E-state index is -0.524. The van der Waals surface area contributed by atoms with E-state index in [-0.39, 0.29) is 11.9 Å². The molecule has 1 aromatic rings. The molecule has 2 aliphatic rings. The Morgan fingerprint density at radius 3 is 2.77 bits per heavy atom. The van der Waals surface area contributed by atoms with Crippen molar-refractivity contribution >= 4 is 6.03 Å². The van der Waals surface area contributed by atoms with Gasteiger partial charge in [-0.25, -0.2) is 4.79 Å². The van der Waals surface area contributed by atoms with Crippen LogP contribution in [-0.2, 0) is 16.0 Å². The van der Waals surface area contributed by atoms with Gasteiger partial charge in [0.25, 0.3) is 0 Å². The second kappa shape index (κ2) is 6.71. The van der Waals surface area contributed by atoms with Crippen molar-refractivity contribution in [2.45, 2.75) is 32.1 Å². The van der Waals surface area contributed by atoms with Crippen LogP contribution in [-0.4, -0.2) is 54.1 Å². The fourth-order valence-corrected chi connectivity index (χ4v) is 3.28. The minimum Gasteiger partial charge on any atom is -0.353 e. The fraction of sp³-hybridized carbons (Fsp3) is 0.688. The molecule has 2 amide bonds. The lowest BCUT2D eigenvalue weighted by Gasteiger charge is -2.39. The maximum atomic E-state index is 12.3. The van der Waals surface area contributed by atoms with Gasteiger partial charge in [-0.2, -0.15) is 0 Å². The lowest BCUT2D eigenvalue weighted by molar-refractivity contribution is -0.189. The van der Waals surface area contributed by atoms with Crippen molar-refractivity contribution in [2.75, 3.05) is 32.8 Å². The van der Waals surface area contributed by atoms with Crippen molar-refractivity contribution in [2.24, 2.45) is 5.92 Å². The van der Waals surface area contributed by atoms with Crippen molar-refractivity contribution in [3.8, 4) is 0 Å². The van der Waals surface area contributed by atoms with E-state index in [9.17, 15) is 4.79 Å². The largest absolute Gasteiger partial charge is 0.353 e. The summed E-state index contributed by atoms with van der Waals surface area (Å²) in [6.07, 6.45) is 6.04. The van der Waals surface area contributed by atoms with Gasteiger partial charge in [-0.3, -0.25) is 0 Å². The molecule has 2 saturated heterocycles. The lowest BCUT2D eigenvalue weighted by Crippen LogP contribution is -2.51. The quantitative estimate of drug-likeness (QED) is 0.920. The number of amides is 2. The van der Waals surface area contributed by atoms with Crippen LogP contribution in [0.15, 0.2) is 24.5 Å². The first-order valence-corrected chi connectivity index (χ1v) is 8.09. The van der Waals surface area contributed by atoms with Crippen LogP contribution in [0.1, 0.15) is 19.8 Å². The molecule has 0 saturated carbocycles. The highest BCUT2D eigenvalue weighted by molar-refractivity contribution is 5.74. The predicted molar refractivity (Wildman–Crippen MR) is 82.4 cm³/mol. The zero-order valence-electron chi connectivity index (χ0n) is 13.2. The van der Waals surface area contributed by atoms with E-state index >= 15 is 0 Å². The number of nitrogens with zero attached hydrogens (tertiary/aromatic N) is 2. The van der Waals surface area contributed by atoms with Crippen LogP contribution in [0.4, 0.5) is 4.79 Å². The van der Waals surface area contributed by atoms with Crippen molar-refractivity contribution in [1.29, 1.82) is 0 Å². The standard InChI is InChI=1S/C16H25N3O3/c1-16(21-11-12-22-16)14-5-4-9-19(13-14)15(20)17-6-10-18-7-2-3-8-18/h2-3,7-8,14H,4-6,9-13H2,1H3,(H,17,20)/t14-/m0/s1. The third-order valence-electron chi connectivity index (χ3n) is 4.62. The molecule has 2 fully saturated rings. The van der Waals surface area contributed by atoms with E-state index in [0.717, 1.165) is 25.9 Å². The molecule has 122 valence electrons. The first kappa shape index (κ1) is 15.4. The Morgan fingerprint density at radius 1 is 1.32 bits per heavy atom. The van der Waals surface area contributed by atoms with E-state index < -0.39 is 5.79 Å². The molecule has 1 aromatic heterocycles. The van der Waals surface area contributed by atoms with Gasteiger partial charge in [0.1, 0.15) is 0 Å². The molecule has 0 bridgehead atoms. The Balaban J connectivity index is 1.47. The van der Waals surface area contributed by atoms with Crippen LogP contribution in [0, 0.1) is 5.92 Å². The maximum absolute atomic E-state index is 12.3. The van der Waals surface area contributed by atoms with Gasteiger partial charge in [0.15, 0.2) is 5.79 Å².